The van der Waals surface area contributed by atoms with Crippen LogP contribution in [0.3, 0.4) is 0 Å². The third-order valence-electron chi connectivity index (χ3n) is 3.94. The van der Waals surface area contributed by atoms with Crippen LogP contribution in [0.1, 0.15) is 19.3 Å². The molecule has 0 radical (unpaired) electrons. The molecule has 0 aromatic heterocycles. The van der Waals surface area contributed by atoms with Crippen LogP contribution in [0.2, 0.25) is 5.02 Å². The zero-order valence-corrected chi connectivity index (χ0v) is 18.1. The Labute approximate surface area is 170 Å². The topological polar surface area (TPSA) is 106 Å². The highest BCUT2D eigenvalue weighted by Crippen LogP contribution is 2.28. The Morgan fingerprint density at radius 3 is 2.76 bits per heavy atom. The SMILES string of the molecule is COc1ccc(NC(N)=NCC2CCCC2NS(C)(=O)=O)cc1Cl.I. The first kappa shape index (κ1) is 22.3. The third kappa shape index (κ3) is 7.16. The van der Waals surface area contributed by atoms with E-state index < -0.39 is 10.0 Å². The minimum atomic E-state index is -3.21. The number of ether oxygens (including phenoxy) is 1. The van der Waals surface area contributed by atoms with Crippen LogP contribution in [-0.2, 0) is 10.0 Å². The molecule has 1 saturated carbocycles. The number of nitrogens with one attached hydrogen (secondary N) is 2. The summed E-state index contributed by atoms with van der Waals surface area (Å²) in [5.74, 6) is 0.999. The molecule has 1 aliphatic rings. The lowest BCUT2D eigenvalue weighted by molar-refractivity contribution is 0.415. The van der Waals surface area contributed by atoms with Gasteiger partial charge in [0.1, 0.15) is 5.75 Å². The second kappa shape index (κ2) is 9.79. The average molecular weight is 503 g/mol. The van der Waals surface area contributed by atoms with Gasteiger partial charge in [0, 0.05) is 18.3 Å². The lowest BCUT2D eigenvalue weighted by Crippen LogP contribution is -2.38. The van der Waals surface area contributed by atoms with Crippen LogP contribution < -0.4 is 20.5 Å². The molecule has 10 heteroatoms. The Kier molecular flexibility index (Phi) is 8.72. The number of rotatable bonds is 6. The van der Waals surface area contributed by atoms with E-state index in [1.165, 1.54) is 6.26 Å². The minimum absolute atomic E-state index is 0. The molecule has 2 unspecified atom stereocenters. The van der Waals surface area contributed by atoms with Crippen LogP contribution >= 0.6 is 35.6 Å². The van der Waals surface area contributed by atoms with Crippen molar-refractivity contribution < 1.29 is 13.2 Å². The second-order valence-electron chi connectivity index (χ2n) is 5.89. The molecule has 1 aromatic carbocycles. The first-order valence-electron chi connectivity index (χ1n) is 7.66. The van der Waals surface area contributed by atoms with Crippen LogP contribution in [0.5, 0.6) is 5.75 Å². The number of anilines is 1. The van der Waals surface area contributed by atoms with Gasteiger partial charge in [0.2, 0.25) is 10.0 Å². The number of halogens is 2. The van der Waals surface area contributed by atoms with Crippen LogP contribution in [0.25, 0.3) is 0 Å². The number of hydrogen-bond donors (Lipinski definition) is 3. The molecule has 0 heterocycles. The zero-order chi connectivity index (χ0) is 17.7. The summed E-state index contributed by atoms with van der Waals surface area (Å²) in [4.78, 5) is 4.33. The quantitative estimate of drug-likeness (QED) is 0.315. The average Bonchev–Trinajstić information content (AvgIpc) is 2.90. The summed E-state index contributed by atoms with van der Waals surface area (Å²) >= 11 is 6.06. The number of nitrogens with two attached hydrogens (primary N) is 1. The monoisotopic (exact) mass is 502 g/mol. The molecule has 0 spiro atoms. The molecule has 1 aliphatic carbocycles. The van der Waals surface area contributed by atoms with Gasteiger partial charge >= 0.3 is 0 Å². The summed E-state index contributed by atoms with van der Waals surface area (Å²) in [5, 5.41) is 3.45. The van der Waals surface area contributed by atoms with Crippen LogP contribution in [-0.4, -0.2) is 40.3 Å². The predicted molar refractivity (Wildman–Crippen MR) is 113 cm³/mol. The molecule has 2 rings (SSSR count). The van der Waals surface area contributed by atoms with Crippen molar-refractivity contribution in [1.29, 1.82) is 0 Å². The van der Waals surface area contributed by atoms with Gasteiger partial charge in [-0.25, -0.2) is 13.1 Å². The van der Waals surface area contributed by atoms with E-state index in [1.807, 2.05) is 0 Å². The first-order chi connectivity index (χ1) is 11.3. The van der Waals surface area contributed by atoms with Gasteiger partial charge in [-0.15, -0.1) is 24.0 Å². The first-order valence-corrected chi connectivity index (χ1v) is 9.93. The van der Waals surface area contributed by atoms with E-state index in [4.69, 9.17) is 22.1 Å². The summed E-state index contributed by atoms with van der Waals surface area (Å²) < 4.78 is 30.5. The number of hydrogen-bond acceptors (Lipinski definition) is 4. The maximum Gasteiger partial charge on any atom is 0.208 e. The molecule has 1 aromatic rings. The summed E-state index contributed by atoms with van der Waals surface area (Å²) in [5.41, 5.74) is 6.61. The van der Waals surface area contributed by atoms with Crippen molar-refractivity contribution in [3.05, 3.63) is 23.2 Å². The molecule has 0 saturated heterocycles. The highest BCUT2D eigenvalue weighted by Gasteiger charge is 2.29. The molecule has 7 nitrogen and oxygen atoms in total. The summed E-state index contributed by atoms with van der Waals surface area (Å²) in [6, 6.07) is 5.15. The normalized spacial score (nSPS) is 20.8. The largest absolute Gasteiger partial charge is 0.495 e. The van der Waals surface area contributed by atoms with Gasteiger partial charge in [-0.05, 0) is 37.0 Å². The van der Waals surface area contributed by atoms with Gasteiger partial charge < -0.3 is 15.8 Å². The molecule has 25 heavy (non-hydrogen) atoms. The molecular weight excluding hydrogens is 479 g/mol. The van der Waals surface area contributed by atoms with Crippen molar-refractivity contribution >= 4 is 57.2 Å². The van der Waals surface area contributed by atoms with Crippen molar-refractivity contribution in [3.63, 3.8) is 0 Å². The Morgan fingerprint density at radius 1 is 1.44 bits per heavy atom. The van der Waals surface area contributed by atoms with Crippen molar-refractivity contribution in [2.75, 3.05) is 25.2 Å². The number of sulfonamides is 1. The van der Waals surface area contributed by atoms with Gasteiger partial charge in [-0.2, -0.15) is 0 Å². The number of nitrogens with zero attached hydrogens (tertiary/aromatic N) is 1. The molecule has 0 bridgehead atoms. The molecule has 0 amide bonds. The Balaban J connectivity index is 0.00000312. The molecule has 4 N–H and O–H groups in total. The molecule has 142 valence electrons. The van der Waals surface area contributed by atoms with Crippen LogP contribution in [0.4, 0.5) is 5.69 Å². The van der Waals surface area contributed by atoms with Gasteiger partial charge in [0.05, 0.1) is 18.4 Å². The second-order valence-corrected chi connectivity index (χ2v) is 8.07. The maximum atomic E-state index is 11.4. The van der Waals surface area contributed by atoms with Crippen LogP contribution in [0.15, 0.2) is 23.2 Å². The highest BCUT2D eigenvalue weighted by molar-refractivity contribution is 14.0. The third-order valence-corrected chi connectivity index (χ3v) is 4.97. The lowest BCUT2D eigenvalue weighted by Gasteiger charge is -2.18. The highest BCUT2D eigenvalue weighted by atomic mass is 127. The van der Waals surface area contributed by atoms with Crippen molar-refractivity contribution in [1.82, 2.24) is 4.72 Å². The number of aliphatic imine (C=N–C) groups is 1. The van der Waals surface area contributed by atoms with E-state index in [2.05, 4.69) is 15.0 Å². The van der Waals surface area contributed by atoms with E-state index in [0.29, 0.717) is 23.0 Å². The van der Waals surface area contributed by atoms with Crippen molar-refractivity contribution in [3.8, 4) is 5.75 Å². The number of methoxy groups -OCH3 is 1. The Hall–Kier alpha value is -0.780. The van der Waals surface area contributed by atoms with E-state index in [1.54, 1.807) is 25.3 Å². The zero-order valence-electron chi connectivity index (χ0n) is 14.2. The van der Waals surface area contributed by atoms with E-state index in [-0.39, 0.29) is 41.9 Å². The van der Waals surface area contributed by atoms with Gasteiger partial charge in [0.25, 0.3) is 0 Å². The fourth-order valence-electron chi connectivity index (χ4n) is 2.83. The molecule has 1 fully saturated rings. The van der Waals surface area contributed by atoms with Crippen molar-refractivity contribution in [2.24, 2.45) is 16.6 Å². The van der Waals surface area contributed by atoms with Gasteiger partial charge in [-0.3, -0.25) is 4.99 Å². The van der Waals surface area contributed by atoms with Crippen LogP contribution in [0, 0.1) is 5.92 Å². The molecule has 2 atom stereocenters. The van der Waals surface area contributed by atoms with E-state index in [9.17, 15) is 8.42 Å². The fraction of sp³-hybridized carbons (Fsp3) is 0.533. The summed E-state index contributed by atoms with van der Waals surface area (Å²) in [6.07, 6.45) is 3.91. The molecular formula is C15H24ClIN4O3S. The fourth-order valence-corrected chi connectivity index (χ4v) is 3.95. The smallest absolute Gasteiger partial charge is 0.208 e. The standard InChI is InChI=1S/C15H23ClN4O3S.HI/c1-23-14-7-6-11(8-12(14)16)19-15(17)18-9-10-4-3-5-13(10)20-24(2,21)22;/h6-8,10,13,20H,3-5,9H2,1-2H3,(H3,17,18,19);1H. The van der Waals surface area contributed by atoms with E-state index in [0.717, 1.165) is 19.3 Å². The predicted octanol–water partition coefficient (Wildman–Crippen LogP) is 2.41. The summed E-state index contributed by atoms with van der Waals surface area (Å²) in [7, 11) is -1.66. The number of benzene rings is 1. The molecule has 0 aliphatic heterocycles. The number of guanidine groups is 1. The lowest BCUT2D eigenvalue weighted by atomic mass is 10.1. The Morgan fingerprint density at radius 2 is 2.16 bits per heavy atom. The summed E-state index contributed by atoms with van der Waals surface area (Å²) in [6.45, 7) is 0.468. The minimum Gasteiger partial charge on any atom is -0.495 e. The maximum absolute atomic E-state index is 11.4. The van der Waals surface area contributed by atoms with Crippen molar-refractivity contribution in [2.45, 2.75) is 25.3 Å². The van der Waals surface area contributed by atoms with Gasteiger partial charge in [-0.1, -0.05) is 18.0 Å². The van der Waals surface area contributed by atoms with E-state index >= 15 is 0 Å². The van der Waals surface area contributed by atoms with Gasteiger partial charge in [0.15, 0.2) is 5.96 Å². The Bertz CT molecular complexity index is 715.